The zero-order valence-corrected chi connectivity index (χ0v) is 19.2. The maximum Gasteiger partial charge on any atom is 0.191 e. The van der Waals surface area contributed by atoms with Gasteiger partial charge in [0.05, 0.1) is 18.9 Å². The molecule has 2 atom stereocenters. The lowest BCUT2D eigenvalue weighted by molar-refractivity contribution is 0.117. The SMILES string of the molecule is Cc1ccc(CC(C)NC(=NCC2CCCO2)NCCc2ccco2)s1.I. The molecule has 150 valence electrons. The summed E-state index contributed by atoms with van der Waals surface area (Å²) < 4.78 is 11.1. The highest BCUT2D eigenvalue weighted by molar-refractivity contribution is 14.0. The van der Waals surface area contributed by atoms with Gasteiger partial charge in [-0.05, 0) is 51.0 Å². The molecule has 0 amide bonds. The van der Waals surface area contributed by atoms with E-state index < -0.39 is 0 Å². The first kappa shape index (κ1) is 22.2. The minimum absolute atomic E-state index is 0. The van der Waals surface area contributed by atoms with Gasteiger partial charge in [-0.1, -0.05) is 0 Å². The van der Waals surface area contributed by atoms with Gasteiger partial charge in [0.15, 0.2) is 5.96 Å². The number of guanidine groups is 1. The van der Waals surface area contributed by atoms with Crippen LogP contribution in [0.1, 0.15) is 35.3 Å². The molecular formula is C20H30IN3O2S. The molecule has 2 N–H and O–H groups in total. The van der Waals surface area contributed by atoms with Crippen molar-refractivity contribution in [2.24, 2.45) is 4.99 Å². The molecule has 7 heteroatoms. The summed E-state index contributed by atoms with van der Waals surface area (Å²) in [7, 11) is 0. The molecule has 2 aromatic rings. The van der Waals surface area contributed by atoms with Crippen molar-refractivity contribution in [3.63, 3.8) is 0 Å². The molecule has 0 bridgehead atoms. The standard InChI is InChI=1S/C20H29N3O2S.HI/c1-15(13-19-8-7-16(2)26-19)23-20(22-14-18-6-4-12-25-18)21-10-9-17-5-3-11-24-17;/h3,5,7-8,11,15,18H,4,6,9-10,12-14H2,1-2H3,(H2,21,22,23);1H. The van der Waals surface area contributed by atoms with E-state index in [1.807, 2.05) is 23.5 Å². The van der Waals surface area contributed by atoms with Crippen LogP contribution in [0.15, 0.2) is 39.9 Å². The highest BCUT2D eigenvalue weighted by atomic mass is 127. The van der Waals surface area contributed by atoms with Gasteiger partial charge < -0.3 is 19.8 Å². The van der Waals surface area contributed by atoms with E-state index in [0.29, 0.717) is 12.6 Å². The summed E-state index contributed by atoms with van der Waals surface area (Å²) in [6.45, 7) is 6.71. The molecule has 0 aromatic carbocycles. The molecule has 1 aliphatic rings. The molecule has 0 spiro atoms. The lowest BCUT2D eigenvalue weighted by Gasteiger charge is -2.18. The maximum absolute atomic E-state index is 5.69. The number of thiophene rings is 1. The average molecular weight is 503 g/mol. The molecule has 2 unspecified atom stereocenters. The van der Waals surface area contributed by atoms with E-state index in [-0.39, 0.29) is 30.1 Å². The van der Waals surface area contributed by atoms with Crippen molar-refractivity contribution in [2.45, 2.75) is 51.7 Å². The molecule has 0 radical (unpaired) electrons. The Kier molecular flexibility index (Phi) is 9.64. The quantitative estimate of drug-likeness (QED) is 0.323. The highest BCUT2D eigenvalue weighted by Crippen LogP contribution is 2.16. The fraction of sp³-hybridized carbons (Fsp3) is 0.550. The molecule has 5 nitrogen and oxygen atoms in total. The van der Waals surface area contributed by atoms with Crippen LogP contribution >= 0.6 is 35.3 Å². The van der Waals surface area contributed by atoms with Crippen LogP contribution in [0, 0.1) is 6.92 Å². The molecule has 1 aliphatic heterocycles. The molecular weight excluding hydrogens is 473 g/mol. The Balaban J connectivity index is 0.00000261. The van der Waals surface area contributed by atoms with E-state index in [1.165, 1.54) is 9.75 Å². The normalized spacial score (nSPS) is 18.1. The summed E-state index contributed by atoms with van der Waals surface area (Å²) >= 11 is 1.86. The Morgan fingerprint density at radius 3 is 2.93 bits per heavy atom. The van der Waals surface area contributed by atoms with E-state index in [9.17, 15) is 0 Å². The van der Waals surface area contributed by atoms with Crippen LogP contribution in [0.5, 0.6) is 0 Å². The third kappa shape index (κ3) is 7.83. The highest BCUT2D eigenvalue weighted by Gasteiger charge is 2.15. The minimum atomic E-state index is 0. The molecule has 1 fully saturated rings. The number of aliphatic imine (C=N–C) groups is 1. The third-order valence-electron chi connectivity index (χ3n) is 4.41. The van der Waals surface area contributed by atoms with Crippen molar-refractivity contribution in [2.75, 3.05) is 19.7 Å². The van der Waals surface area contributed by atoms with Gasteiger partial charge >= 0.3 is 0 Å². The molecule has 0 saturated carbocycles. The van der Waals surface area contributed by atoms with Crippen molar-refractivity contribution in [1.29, 1.82) is 0 Å². The first-order valence-electron chi connectivity index (χ1n) is 9.43. The number of aryl methyl sites for hydroxylation is 1. The van der Waals surface area contributed by atoms with Crippen LogP contribution in [-0.2, 0) is 17.6 Å². The molecule has 3 rings (SSSR count). The second-order valence-electron chi connectivity index (χ2n) is 6.84. The topological polar surface area (TPSA) is 58.8 Å². The van der Waals surface area contributed by atoms with Crippen LogP contribution < -0.4 is 10.6 Å². The van der Waals surface area contributed by atoms with Gasteiger partial charge in [-0.2, -0.15) is 0 Å². The van der Waals surface area contributed by atoms with Gasteiger partial charge in [0.25, 0.3) is 0 Å². The van der Waals surface area contributed by atoms with Gasteiger partial charge in [-0.15, -0.1) is 35.3 Å². The zero-order chi connectivity index (χ0) is 18.2. The summed E-state index contributed by atoms with van der Waals surface area (Å²) in [4.78, 5) is 7.51. The number of ether oxygens (including phenoxy) is 1. The van der Waals surface area contributed by atoms with Crippen molar-refractivity contribution < 1.29 is 9.15 Å². The van der Waals surface area contributed by atoms with Gasteiger partial charge in [-0.3, -0.25) is 4.99 Å². The Morgan fingerprint density at radius 1 is 1.37 bits per heavy atom. The van der Waals surface area contributed by atoms with Crippen LogP contribution in [0.3, 0.4) is 0 Å². The van der Waals surface area contributed by atoms with Gasteiger partial charge in [0.1, 0.15) is 5.76 Å². The summed E-state index contributed by atoms with van der Waals surface area (Å²) in [5, 5.41) is 6.97. The minimum Gasteiger partial charge on any atom is -0.469 e. The van der Waals surface area contributed by atoms with Gasteiger partial charge in [-0.25, -0.2) is 0 Å². The van der Waals surface area contributed by atoms with Crippen molar-refractivity contribution in [3.8, 4) is 0 Å². The largest absolute Gasteiger partial charge is 0.469 e. The predicted molar refractivity (Wildman–Crippen MR) is 122 cm³/mol. The Hall–Kier alpha value is -1.06. The first-order valence-corrected chi connectivity index (χ1v) is 10.2. The Bertz CT molecular complexity index is 681. The van der Waals surface area contributed by atoms with Crippen LogP contribution in [0.2, 0.25) is 0 Å². The Morgan fingerprint density at radius 2 is 2.26 bits per heavy atom. The number of nitrogens with one attached hydrogen (secondary N) is 2. The molecule has 2 aromatic heterocycles. The fourth-order valence-electron chi connectivity index (χ4n) is 3.07. The van der Waals surface area contributed by atoms with Crippen LogP contribution in [0.25, 0.3) is 0 Å². The van der Waals surface area contributed by atoms with Crippen molar-refractivity contribution >= 4 is 41.3 Å². The summed E-state index contributed by atoms with van der Waals surface area (Å²) in [6, 6.07) is 8.63. The number of hydrogen-bond donors (Lipinski definition) is 2. The van der Waals surface area contributed by atoms with E-state index in [0.717, 1.165) is 50.6 Å². The number of rotatable bonds is 8. The van der Waals surface area contributed by atoms with E-state index in [1.54, 1.807) is 6.26 Å². The predicted octanol–water partition coefficient (Wildman–Crippen LogP) is 4.16. The summed E-state index contributed by atoms with van der Waals surface area (Å²) in [5.74, 6) is 1.84. The number of furan rings is 1. The van der Waals surface area contributed by atoms with Gasteiger partial charge in [0.2, 0.25) is 0 Å². The number of hydrogen-bond acceptors (Lipinski definition) is 4. The van der Waals surface area contributed by atoms with Gasteiger partial charge in [0, 0.05) is 41.8 Å². The summed E-state index contributed by atoms with van der Waals surface area (Å²) in [5.41, 5.74) is 0. The molecule has 3 heterocycles. The molecule has 0 aliphatic carbocycles. The van der Waals surface area contributed by atoms with Crippen LogP contribution in [-0.4, -0.2) is 37.8 Å². The zero-order valence-electron chi connectivity index (χ0n) is 16.1. The fourth-order valence-corrected chi connectivity index (χ4v) is 4.09. The second kappa shape index (κ2) is 11.7. The first-order chi connectivity index (χ1) is 12.7. The van der Waals surface area contributed by atoms with E-state index in [4.69, 9.17) is 14.1 Å². The summed E-state index contributed by atoms with van der Waals surface area (Å²) in [6.07, 6.45) is 6.05. The van der Waals surface area contributed by atoms with E-state index in [2.05, 4.69) is 36.6 Å². The van der Waals surface area contributed by atoms with E-state index >= 15 is 0 Å². The third-order valence-corrected chi connectivity index (χ3v) is 5.43. The smallest absolute Gasteiger partial charge is 0.191 e. The lowest BCUT2D eigenvalue weighted by Crippen LogP contribution is -2.44. The number of nitrogens with zero attached hydrogens (tertiary/aromatic N) is 1. The molecule has 1 saturated heterocycles. The molecule has 27 heavy (non-hydrogen) atoms. The maximum atomic E-state index is 5.69. The van der Waals surface area contributed by atoms with Crippen LogP contribution in [0.4, 0.5) is 0 Å². The monoisotopic (exact) mass is 503 g/mol. The van der Waals surface area contributed by atoms with Crippen molar-refractivity contribution in [1.82, 2.24) is 10.6 Å². The number of halogens is 1. The van der Waals surface area contributed by atoms with Crippen molar-refractivity contribution in [3.05, 3.63) is 46.0 Å². The lowest BCUT2D eigenvalue weighted by atomic mass is 10.2. The Labute approximate surface area is 183 Å². The second-order valence-corrected chi connectivity index (χ2v) is 8.21. The average Bonchev–Trinajstić information content (AvgIpc) is 3.35.